The zero-order valence-corrected chi connectivity index (χ0v) is 20.3. The molecule has 6 radical (unpaired) electrons. The molecule has 0 amide bonds. The molecule has 3 aromatic carbocycles. The molecule has 0 bridgehead atoms. The molecule has 0 spiro atoms. The first kappa shape index (κ1) is 27.9. The van der Waals surface area contributed by atoms with Crippen LogP contribution in [0.3, 0.4) is 0 Å². The van der Waals surface area contributed by atoms with E-state index < -0.39 is 7.92 Å². The molecule has 152 valence electrons. The minimum absolute atomic E-state index is 0. The van der Waals surface area contributed by atoms with E-state index in [4.69, 9.17) is 16.9 Å². The maximum absolute atomic E-state index is 7.25. The number of nitrogens with zero attached hydrogens (tertiary/aromatic N) is 1. The molecule has 4 heteroatoms. The number of hydrogen-bond acceptors (Lipinski definition) is 1. The van der Waals surface area contributed by atoms with Gasteiger partial charge in [0.15, 0.2) is 0 Å². The van der Waals surface area contributed by atoms with Crippen LogP contribution in [0.2, 0.25) is 0 Å². The van der Waals surface area contributed by atoms with Crippen LogP contribution in [0.1, 0.15) is 6.92 Å². The van der Waals surface area contributed by atoms with Gasteiger partial charge in [0.1, 0.15) is 0 Å². The molecule has 0 N–H and O–H groups in total. The Kier molecular flexibility index (Phi) is 17.6. The summed E-state index contributed by atoms with van der Waals surface area (Å²) in [4.78, 5) is 7.25. The third kappa shape index (κ3) is 10.6. The van der Waals surface area contributed by atoms with Gasteiger partial charge in [-0.2, -0.15) is 0 Å². The van der Waals surface area contributed by atoms with Crippen LogP contribution in [0.15, 0.2) is 91.0 Å². The quantitative estimate of drug-likeness (QED) is 0.232. The van der Waals surface area contributed by atoms with Crippen molar-refractivity contribution < 1.29 is 20.4 Å². The first-order valence-electron chi connectivity index (χ1n) is 9.00. The minimum Gasteiger partial charge on any atom is -0.694 e. The van der Waals surface area contributed by atoms with E-state index in [1.54, 1.807) is 6.92 Å². The average Bonchev–Trinajstić information content (AvgIpc) is 3.39. The van der Waals surface area contributed by atoms with E-state index in [1.165, 1.54) is 15.9 Å². The van der Waals surface area contributed by atoms with Gasteiger partial charge in [-0.15, -0.1) is 0 Å². The van der Waals surface area contributed by atoms with Crippen LogP contribution in [-0.2, 0) is 20.4 Å². The van der Waals surface area contributed by atoms with E-state index in [1.807, 2.05) is 38.0 Å². The number of nitroso groups, excluding NO2 is 1. The molecule has 4 rings (SSSR count). The van der Waals surface area contributed by atoms with E-state index in [0.717, 1.165) is 0 Å². The molecule has 2 nitrogen and oxygen atoms in total. The third-order valence-corrected chi connectivity index (χ3v) is 6.04. The Morgan fingerprint density at radius 3 is 1.00 bits per heavy atom. The first-order chi connectivity index (χ1) is 14.4. The molecule has 0 heterocycles. The van der Waals surface area contributed by atoms with E-state index in [9.17, 15) is 0 Å². The Labute approximate surface area is 196 Å². The van der Waals surface area contributed by atoms with Crippen molar-refractivity contribution in [1.29, 1.82) is 0 Å². The van der Waals surface area contributed by atoms with Crippen molar-refractivity contribution in [3.8, 4) is 5.92 Å². The first-order valence-corrected chi connectivity index (χ1v) is 10.3. The largest absolute Gasteiger partial charge is 0.694 e. The maximum Gasteiger partial charge on any atom is 0 e. The Balaban J connectivity index is 0.000000643. The second-order valence-corrected chi connectivity index (χ2v) is 7.77. The molecule has 0 aromatic heterocycles. The topological polar surface area (TPSA) is 39.4 Å². The Morgan fingerprint density at radius 1 is 0.600 bits per heavy atom. The van der Waals surface area contributed by atoms with Crippen LogP contribution in [-0.4, -0.2) is 0 Å². The summed E-state index contributed by atoms with van der Waals surface area (Å²) in [7, 11) is -0.446. The average molecular weight is 583 g/mol. The summed E-state index contributed by atoms with van der Waals surface area (Å²) in [5.74, 6) is 2.00. The van der Waals surface area contributed by atoms with E-state index in [2.05, 4.69) is 91.0 Å². The Bertz CT molecular complexity index is 701. The van der Waals surface area contributed by atoms with Crippen LogP contribution in [0.5, 0.6) is 0 Å². The fourth-order valence-electron chi connectivity index (χ4n) is 2.50. The minimum atomic E-state index is -0.446. The maximum atomic E-state index is 7.25. The third-order valence-electron chi connectivity index (χ3n) is 3.60. The van der Waals surface area contributed by atoms with Gasteiger partial charge in [-0.3, -0.25) is 0 Å². The van der Waals surface area contributed by atoms with Gasteiger partial charge in [0.05, 0.1) is 0 Å². The van der Waals surface area contributed by atoms with Gasteiger partial charge >= 0.3 is 0 Å². The number of benzene rings is 3. The fourth-order valence-corrected chi connectivity index (χ4v) is 4.80. The van der Waals surface area contributed by atoms with Crippen molar-refractivity contribution in [3.63, 3.8) is 0 Å². The van der Waals surface area contributed by atoms with Gasteiger partial charge in [0.2, 0.25) is 0 Å². The normalized spacial score (nSPS) is 11.1. The number of hydrogen-bond donors (Lipinski definition) is 0. The second-order valence-electron chi connectivity index (χ2n) is 5.55. The van der Waals surface area contributed by atoms with Crippen molar-refractivity contribution in [2.75, 3.05) is 0 Å². The molecule has 0 saturated heterocycles. The van der Waals surface area contributed by atoms with Gasteiger partial charge in [-0.05, 0) is 62.9 Å². The molecule has 0 atom stereocenters. The molecular weight excluding hydrogens is 559 g/mol. The summed E-state index contributed by atoms with van der Waals surface area (Å²) >= 11 is 0. The van der Waals surface area contributed by atoms with Gasteiger partial charge in [-0.25, -0.2) is 0 Å². The van der Waals surface area contributed by atoms with Crippen molar-refractivity contribution >= 4 is 23.8 Å². The van der Waals surface area contributed by atoms with Gasteiger partial charge in [-0.1, -0.05) is 91.0 Å². The summed E-state index contributed by atoms with van der Waals surface area (Å²) in [5.41, 5.74) is 5.75. The van der Waals surface area contributed by atoms with Crippen LogP contribution < -0.4 is 15.9 Å². The SMILES string of the molecule is [C-]#CC.[CH]1[CH][CH][CH][CH]1.[N-]=O.[Re].c1ccc(P(c2ccccc2)c2ccccc2)cc1. The van der Waals surface area contributed by atoms with E-state index in [0.29, 0.717) is 0 Å². The van der Waals surface area contributed by atoms with Crippen molar-refractivity contribution in [2.24, 2.45) is 0 Å². The predicted octanol–water partition coefficient (Wildman–Crippen LogP) is 5.38. The summed E-state index contributed by atoms with van der Waals surface area (Å²) in [6, 6.07) is 32.3. The van der Waals surface area contributed by atoms with E-state index in [-0.39, 0.29) is 20.4 Å². The molecule has 1 aliphatic carbocycles. The second kappa shape index (κ2) is 18.9. The van der Waals surface area contributed by atoms with E-state index >= 15 is 0 Å². The van der Waals surface area contributed by atoms with Crippen LogP contribution in [0.25, 0.3) is 5.59 Å². The van der Waals surface area contributed by atoms with Gasteiger partial charge in [0.25, 0.3) is 0 Å². The molecule has 3 aromatic rings. The summed E-state index contributed by atoms with van der Waals surface area (Å²) in [6.45, 7) is 1.54. The zero-order chi connectivity index (χ0) is 21.2. The van der Waals surface area contributed by atoms with Crippen LogP contribution in [0, 0.1) is 49.4 Å². The molecular formula is C26H23NOPRe-2. The molecule has 30 heavy (non-hydrogen) atoms. The van der Waals surface area contributed by atoms with Gasteiger partial charge < -0.3 is 22.8 Å². The summed E-state index contributed by atoms with van der Waals surface area (Å²) in [6.07, 6.45) is 16.0. The van der Waals surface area contributed by atoms with Crippen molar-refractivity contribution in [3.05, 3.63) is 140 Å². The standard InChI is InChI=1S/C18H15P.C5H5.C3H3.NO.Re/c1-4-10-16(11-5-1)19(17-12-6-2-7-13-17)18-14-8-3-9-15-18;1-2-4-5-3-1;1-3-2;1-2;/h1-15H;1-5H;1H3;;/q;;2*-1;. The Morgan fingerprint density at radius 2 is 0.800 bits per heavy atom. The van der Waals surface area contributed by atoms with Gasteiger partial charge in [0, 0.05) is 20.4 Å². The smallest absolute Gasteiger partial charge is 0 e. The summed E-state index contributed by atoms with van der Waals surface area (Å²) < 4.78 is 0. The molecule has 0 aliphatic heterocycles. The molecule has 1 aliphatic rings. The molecule has 1 fully saturated rings. The monoisotopic (exact) mass is 583 g/mol. The van der Waals surface area contributed by atoms with Crippen LogP contribution >= 0.6 is 7.92 Å². The molecule has 0 unspecified atom stereocenters. The fraction of sp³-hybridized carbons (Fsp3) is 0.0385. The van der Waals surface area contributed by atoms with Crippen molar-refractivity contribution in [1.82, 2.24) is 0 Å². The summed E-state index contributed by atoms with van der Waals surface area (Å²) in [5, 5.41) is 4.19. The van der Waals surface area contributed by atoms with Crippen LogP contribution in [0.4, 0.5) is 0 Å². The predicted molar refractivity (Wildman–Crippen MR) is 126 cm³/mol. The van der Waals surface area contributed by atoms with Crippen molar-refractivity contribution in [2.45, 2.75) is 6.92 Å². The Hall–Kier alpha value is -2.09. The molecule has 1 saturated carbocycles. The number of rotatable bonds is 3. The zero-order valence-electron chi connectivity index (χ0n) is 16.7.